The largest absolute Gasteiger partial charge is 0.512 e. The third-order valence-corrected chi connectivity index (χ3v) is 4.08. The molecule has 1 aromatic carbocycles. The van der Waals surface area contributed by atoms with Gasteiger partial charge in [0.2, 0.25) is 0 Å². The lowest BCUT2D eigenvalue weighted by Gasteiger charge is -2.12. The highest BCUT2D eigenvalue weighted by atomic mass is 35.5. The van der Waals surface area contributed by atoms with Crippen molar-refractivity contribution in [1.82, 2.24) is 4.98 Å². The summed E-state index contributed by atoms with van der Waals surface area (Å²) in [4.78, 5) is 15.9. The number of benzene rings is 1. The third-order valence-electron chi connectivity index (χ3n) is 3.88. The fourth-order valence-electron chi connectivity index (χ4n) is 2.70. The van der Waals surface area contributed by atoms with Crippen LogP contribution in [0.2, 0.25) is 5.02 Å². The first-order chi connectivity index (χ1) is 11.5. The van der Waals surface area contributed by atoms with Crippen LogP contribution in [0.5, 0.6) is 11.6 Å². The molecule has 0 bridgehead atoms. The Labute approximate surface area is 143 Å². The number of rotatable bonds is 4. The van der Waals surface area contributed by atoms with Gasteiger partial charge in [0.25, 0.3) is 5.88 Å². The molecule has 4 nitrogen and oxygen atoms in total. The fourth-order valence-corrected chi connectivity index (χ4v) is 2.84. The predicted molar refractivity (Wildman–Crippen MR) is 88.9 cm³/mol. The van der Waals surface area contributed by atoms with E-state index in [1.165, 1.54) is 6.20 Å². The van der Waals surface area contributed by atoms with Gasteiger partial charge in [-0.05, 0) is 35.7 Å². The minimum absolute atomic E-state index is 0.0858. The molecule has 0 saturated heterocycles. The van der Waals surface area contributed by atoms with Gasteiger partial charge in [-0.2, -0.15) is 0 Å². The van der Waals surface area contributed by atoms with E-state index in [9.17, 15) is 14.3 Å². The smallest absolute Gasteiger partial charge is 0.255 e. The first-order valence-corrected chi connectivity index (χ1v) is 7.95. The molecule has 1 aliphatic carbocycles. The molecular weight excluding hydrogens is 333 g/mol. The number of aliphatic hydroxyl groups excluding tert-OH is 1. The summed E-state index contributed by atoms with van der Waals surface area (Å²) in [6.07, 6.45) is 2.61. The van der Waals surface area contributed by atoms with Crippen molar-refractivity contribution in [3.63, 3.8) is 0 Å². The maximum atomic E-state index is 13.8. The molecule has 1 aliphatic rings. The lowest BCUT2D eigenvalue weighted by Crippen LogP contribution is -2.01. The lowest BCUT2D eigenvalue weighted by atomic mass is 9.96. The number of nitrogens with zero attached hydrogens (tertiary/aromatic N) is 1. The summed E-state index contributed by atoms with van der Waals surface area (Å²) in [5.41, 5.74) is 1.84. The van der Waals surface area contributed by atoms with Gasteiger partial charge in [-0.25, -0.2) is 9.37 Å². The number of aliphatic hydroxyl groups is 1. The number of ether oxygens (including phenoxy) is 1. The molecule has 0 radical (unpaired) electrons. The molecule has 6 heteroatoms. The van der Waals surface area contributed by atoms with Crippen LogP contribution in [-0.2, 0) is 11.2 Å². The Morgan fingerprint density at radius 2 is 2.12 bits per heavy atom. The Hall–Kier alpha value is -2.40. The van der Waals surface area contributed by atoms with Crippen molar-refractivity contribution in [3.05, 3.63) is 58.2 Å². The number of hydrogen-bond acceptors (Lipinski definition) is 4. The second kappa shape index (κ2) is 6.61. The van der Waals surface area contributed by atoms with E-state index in [2.05, 4.69) is 4.98 Å². The average molecular weight is 348 g/mol. The number of hydrogen-bond donors (Lipinski definition) is 1. The molecular formula is C18H15ClFNO3. The molecule has 1 heterocycles. The number of halogens is 2. The first-order valence-electron chi connectivity index (χ1n) is 7.57. The zero-order valence-electron chi connectivity index (χ0n) is 13.0. The first kappa shape index (κ1) is 16.5. The molecule has 0 aliphatic heterocycles. The quantitative estimate of drug-likeness (QED) is 0.858. The van der Waals surface area contributed by atoms with Crippen LogP contribution in [-0.4, -0.2) is 15.9 Å². The van der Waals surface area contributed by atoms with E-state index in [1.54, 1.807) is 18.2 Å². The van der Waals surface area contributed by atoms with E-state index in [0.717, 1.165) is 11.6 Å². The number of allylic oxidation sites excluding steroid dienone is 2. The predicted octanol–water partition coefficient (Wildman–Crippen LogP) is 4.86. The second-order valence-electron chi connectivity index (χ2n) is 5.46. The Morgan fingerprint density at radius 3 is 2.75 bits per heavy atom. The van der Waals surface area contributed by atoms with E-state index in [4.69, 9.17) is 16.3 Å². The van der Waals surface area contributed by atoms with Gasteiger partial charge in [-0.3, -0.25) is 4.79 Å². The Balaban J connectivity index is 2.01. The van der Waals surface area contributed by atoms with Gasteiger partial charge >= 0.3 is 0 Å². The SMILES string of the molecule is CCc1ccc(Oc2ncc(Cl)cc2F)cc1C1=C(O)CCC1=O. The van der Waals surface area contributed by atoms with Crippen molar-refractivity contribution in [2.75, 3.05) is 0 Å². The molecule has 1 aromatic heterocycles. The molecule has 0 saturated carbocycles. The maximum absolute atomic E-state index is 13.8. The van der Waals surface area contributed by atoms with Crippen molar-refractivity contribution in [3.8, 4) is 11.6 Å². The summed E-state index contributed by atoms with van der Waals surface area (Å²) in [5.74, 6) is -0.568. The number of aryl methyl sites for hydroxylation is 1. The zero-order chi connectivity index (χ0) is 17.3. The summed E-state index contributed by atoms with van der Waals surface area (Å²) >= 11 is 5.67. The number of carbonyl (C=O) groups is 1. The Kier molecular flexibility index (Phi) is 4.53. The molecule has 0 amide bonds. The van der Waals surface area contributed by atoms with Crippen molar-refractivity contribution in [2.45, 2.75) is 26.2 Å². The molecule has 2 aromatic rings. The van der Waals surface area contributed by atoms with Gasteiger partial charge in [0, 0.05) is 19.0 Å². The standard InChI is InChI=1S/C18H15ClFNO3/c1-2-10-3-4-12(24-18-14(20)7-11(19)9-21-18)8-13(10)17-15(22)5-6-16(17)23/h3-4,7-9,22H,2,5-6H2,1H3. The summed E-state index contributed by atoms with van der Waals surface area (Å²) in [6.45, 7) is 1.96. The molecule has 24 heavy (non-hydrogen) atoms. The van der Waals surface area contributed by atoms with Gasteiger partial charge in [0.15, 0.2) is 11.6 Å². The van der Waals surface area contributed by atoms with Crippen LogP contribution in [0.3, 0.4) is 0 Å². The van der Waals surface area contributed by atoms with Crippen LogP contribution in [0.4, 0.5) is 4.39 Å². The Bertz CT molecular complexity index is 848. The number of pyridine rings is 1. The van der Waals surface area contributed by atoms with E-state index in [1.807, 2.05) is 6.92 Å². The normalized spacial score (nSPS) is 14.4. The topological polar surface area (TPSA) is 59.4 Å². The summed E-state index contributed by atoms with van der Waals surface area (Å²) < 4.78 is 19.3. The van der Waals surface area contributed by atoms with Crippen LogP contribution in [0, 0.1) is 5.82 Å². The molecule has 0 atom stereocenters. The van der Waals surface area contributed by atoms with Crippen LogP contribution >= 0.6 is 11.6 Å². The van der Waals surface area contributed by atoms with E-state index in [0.29, 0.717) is 36.1 Å². The molecule has 124 valence electrons. The van der Waals surface area contributed by atoms with Crippen molar-refractivity contribution in [1.29, 1.82) is 0 Å². The van der Waals surface area contributed by atoms with Crippen LogP contribution in [0.15, 0.2) is 36.2 Å². The molecule has 1 N–H and O–H groups in total. The number of aromatic nitrogens is 1. The van der Waals surface area contributed by atoms with Gasteiger partial charge in [-0.15, -0.1) is 0 Å². The van der Waals surface area contributed by atoms with Crippen LogP contribution < -0.4 is 4.74 Å². The van der Waals surface area contributed by atoms with E-state index < -0.39 is 5.82 Å². The minimum atomic E-state index is -0.678. The fraction of sp³-hybridized carbons (Fsp3) is 0.222. The molecule has 0 unspecified atom stereocenters. The van der Waals surface area contributed by atoms with Crippen LogP contribution in [0.1, 0.15) is 30.9 Å². The lowest BCUT2D eigenvalue weighted by molar-refractivity contribution is -0.113. The van der Waals surface area contributed by atoms with Gasteiger partial charge in [0.1, 0.15) is 11.5 Å². The summed E-state index contributed by atoms with van der Waals surface area (Å²) in [6, 6.07) is 6.21. The van der Waals surface area contributed by atoms with Gasteiger partial charge in [-0.1, -0.05) is 24.6 Å². The molecule has 0 spiro atoms. The highest BCUT2D eigenvalue weighted by Crippen LogP contribution is 2.35. The average Bonchev–Trinajstić information content (AvgIpc) is 2.89. The summed E-state index contributed by atoms with van der Waals surface area (Å²) in [7, 11) is 0. The monoisotopic (exact) mass is 347 g/mol. The molecule has 3 rings (SSSR count). The third kappa shape index (κ3) is 3.12. The number of ketones is 1. The maximum Gasteiger partial charge on any atom is 0.255 e. The highest BCUT2D eigenvalue weighted by Gasteiger charge is 2.26. The zero-order valence-corrected chi connectivity index (χ0v) is 13.7. The van der Waals surface area contributed by atoms with Crippen molar-refractivity contribution < 1.29 is 19.0 Å². The van der Waals surface area contributed by atoms with E-state index in [-0.39, 0.29) is 22.4 Å². The number of Topliss-reactive ketones (excluding diaryl/α,β-unsaturated/α-hetero) is 1. The second-order valence-corrected chi connectivity index (χ2v) is 5.90. The Morgan fingerprint density at radius 1 is 1.33 bits per heavy atom. The van der Waals surface area contributed by atoms with E-state index >= 15 is 0 Å². The summed E-state index contributed by atoms with van der Waals surface area (Å²) in [5, 5.41) is 10.2. The van der Waals surface area contributed by atoms with Gasteiger partial charge in [0.05, 0.1) is 10.6 Å². The van der Waals surface area contributed by atoms with Gasteiger partial charge < -0.3 is 9.84 Å². The van der Waals surface area contributed by atoms with Crippen molar-refractivity contribution in [2.24, 2.45) is 0 Å². The van der Waals surface area contributed by atoms with Crippen molar-refractivity contribution >= 4 is 23.0 Å². The highest BCUT2D eigenvalue weighted by molar-refractivity contribution is 6.30. The molecule has 0 fully saturated rings. The number of carbonyl (C=O) groups excluding carboxylic acids is 1. The minimum Gasteiger partial charge on any atom is -0.512 e. The van der Waals surface area contributed by atoms with Crippen LogP contribution in [0.25, 0.3) is 5.57 Å².